The summed E-state index contributed by atoms with van der Waals surface area (Å²) in [6, 6.07) is 17.5. The van der Waals surface area contributed by atoms with Crippen LogP contribution in [0.15, 0.2) is 65.8 Å². The van der Waals surface area contributed by atoms with E-state index in [0.29, 0.717) is 45.0 Å². The molecule has 3 aromatic carbocycles. The Kier molecular flexibility index (Phi) is 8.36. The summed E-state index contributed by atoms with van der Waals surface area (Å²) in [6.07, 6.45) is 1.52. The van der Waals surface area contributed by atoms with Gasteiger partial charge in [-0.3, -0.25) is 4.79 Å². The lowest BCUT2D eigenvalue weighted by molar-refractivity contribution is 0.0954. The molecule has 166 valence electrons. The summed E-state index contributed by atoms with van der Waals surface area (Å²) in [6.45, 7) is 2.64. The van der Waals surface area contributed by atoms with E-state index in [1.54, 1.807) is 30.3 Å². The van der Waals surface area contributed by atoms with E-state index in [0.717, 1.165) is 5.56 Å². The molecular formula is C24H22Cl2N2O4. The standard InChI is InChI=1S/C24H22Cl2N2O4/c1-3-31-22-11-9-16(12-23(22)30-2)24(29)28-27-14-17-6-4-5-7-21(17)32-15-18-8-10-19(25)13-20(18)26/h4-14H,3,15H2,1-2H3,(H,28,29)/b27-14+. The average Bonchev–Trinajstić information content (AvgIpc) is 2.79. The Hall–Kier alpha value is -3.22. The Balaban J connectivity index is 1.66. The molecule has 32 heavy (non-hydrogen) atoms. The number of carbonyl (C=O) groups is 1. The smallest absolute Gasteiger partial charge is 0.271 e. The number of amides is 1. The van der Waals surface area contributed by atoms with Gasteiger partial charge in [0, 0.05) is 26.7 Å². The van der Waals surface area contributed by atoms with Crippen LogP contribution in [0.4, 0.5) is 0 Å². The molecule has 0 atom stereocenters. The SMILES string of the molecule is CCOc1ccc(C(=O)N/N=C/c2ccccc2OCc2ccc(Cl)cc2Cl)cc1OC. The summed E-state index contributed by atoms with van der Waals surface area (Å²) in [5, 5.41) is 5.15. The van der Waals surface area contributed by atoms with Crippen molar-refractivity contribution >= 4 is 35.3 Å². The van der Waals surface area contributed by atoms with Crippen LogP contribution in [-0.4, -0.2) is 25.8 Å². The zero-order valence-electron chi connectivity index (χ0n) is 17.6. The second-order valence-electron chi connectivity index (χ2n) is 6.56. The molecule has 0 aliphatic heterocycles. The zero-order valence-corrected chi connectivity index (χ0v) is 19.1. The maximum atomic E-state index is 12.5. The highest BCUT2D eigenvalue weighted by Gasteiger charge is 2.11. The zero-order chi connectivity index (χ0) is 22.9. The van der Waals surface area contributed by atoms with Gasteiger partial charge in [0.25, 0.3) is 5.91 Å². The summed E-state index contributed by atoms with van der Waals surface area (Å²) >= 11 is 12.1. The molecule has 1 amide bonds. The second-order valence-corrected chi connectivity index (χ2v) is 7.40. The van der Waals surface area contributed by atoms with Gasteiger partial charge in [0.05, 0.1) is 19.9 Å². The lowest BCUT2D eigenvalue weighted by Crippen LogP contribution is -2.17. The number of benzene rings is 3. The van der Waals surface area contributed by atoms with Crippen molar-refractivity contribution in [1.82, 2.24) is 5.43 Å². The van der Waals surface area contributed by atoms with Gasteiger partial charge >= 0.3 is 0 Å². The summed E-state index contributed by atoms with van der Waals surface area (Å²) in [5.74, 6) is 1.26. The lowest BCUT2D eigenvalue weighted by atomic mass is 10.2. The van der Waals surface area contributed by atoms with Crippen molar-refractivity contribution < 1.29 is 19.0 Å². The van der Waals surface area contributed by atoms with Gasteiger partial charge in [0.15, 0.2) is 11.5 Å². The Labute approximate surface area is 196 Å². The fraction of sp³-hybridized carbons (Fsp3) is 0.167. The van der Waals surface area contributed by atoms with Crippen molar-refractivity contribution in [3.8, 4) is 17.2 Å². The molecule has 6 nitrogen and oxygen atoms in total. The third-order valence-corrected chi connectivity index (χ3v) is 5.00. The molecule has 0 spiro atoms. The van der Waals surface area contributed by atoms with Gasteiger partial charge in [0.1, 0.15) is 12.4 Å². The van der Waals surface area contributed by atoms with Crippen LogP contribution in [0.5, 0.6) is 17.2 Å². The molecule has 0 aliphatic rings. The molecule has 1 N–H and O–H groups in total. The first-order valence-corrected chi connectivity index (χ1v) is 10.6. The molecule has 0 saturated carbocycles. The number of ether oxygens (including phenoxy) is 3. The summed E-state index contributed by atoms with van der Waals surface area (Å²) in [4.78, 5) is 12.5. The van der Waals surface area contributed by atoms with Crippen molar-refractivity contribution in [2.75, 3.05) is 13.7 Å². The monoisotopic (exact) mass is 472 g/mol. The Morgan fingerprint density at radius 2 is 1.81 bits per heavy atom. The van der Waals surface area contributed by atoms with Crippen molar-refractivity contribution in [3.63, 3.8) is 0 Å². The fourth-order valence-electron chi connectivity index (χ4n) is 2.82. The van der Waals surface area contributed by atoms with Crippen molar-refractivity contribution in [2.45, 2.75) is 13.5 Å². The van der Waals surface area contributed by atoms with Gasteiger partial charge in [-0.1, -0.05) is 41.4 Å². The van der Waals surface area contributed by atoms with Gasteiger partial charge in [-0.05, 0) is 49.4 Å². The predicted octanol–water partition coefficient (Wildman–Crippen LogP) is 5.74. The Bertz CT molecular complexity index is 1120. The number of rotatable bonds is 9. The van der Waals surface area contributed by atoms with Crippen LogP contribution in [0.1, 0.15) is 28.4 Å². The van der Waals surface area contributed by atoms with Crippen LogP contribution >= 0.6 is 23.2 Å². The number of hydrazone groups is 1. The number of nitrogens with one attached hydrogen (secondary N) is 1. The number of para-hydroxylation sites is 1. The third kappa shape index (κ3) is 6.15. The lowest BCUT2D eigenvalue weighted by Gasteiger charge is -2.11. The topological polar surface area (TPSA) is 69.2 Å². The highest BCUT2D eigenvalue weighted by Crippen LogP contribution is 2.28. The van der Waals surface area contributed by atoms with Crippen molar-refractivity contribution in [1.29, 1.82) is 0 Å². The number of halogens is 2. The van der Waals surface area contributed by atoms with E-state index in [-0.39, 0.29) is 12.5 Å². The molecule has 8 heteroatoms. The average molecular weight is 473 g/mol. The first-order chi connectivity index (χ1) is 15.5. The number of methoxy groups -OCH3 is 1. The maximum Gasteiger partial charge on any atom is 0.271 e. The van der Waals surface area contributed by atoms with Crippen LogP contribution in [0.3, 0.4) is 0 Å². The largest absolute Gasteiger partial charge is 0.493 e. The normalized spacial score (nSPS) is 10.8. The van der Waals surface area contributed by atoms with Crippen LogP contribution < -0.4 is 19.6 Å². The molecule has 0 unspecified atom stereocenters. The van der Waals surface area contributed by atoms with Gasteiger partial charge in [-0.15, -0.1) is 0 Å². The molecule has 3 aromatic rings. The van der Waals surface area contributed by atoms with E-state index in [4.69, 9.17) is 37.4 Å². The van der Waals surface area contributed by atoms with Crippen molar-refractivity contribution in [2.24, 2.45) is 5.10 Å². The third-order valence-electron chi connectivity index (χ3n) is 4.41. The summed E-state index contributed by atoms with van der Waals surface area (Å²) in [7, 11) is 1.52. The minimum atomic E-state index is -0.381. The summed E-state index contributed by atoms with van der Waals surface area (Å²) < 4.78 is 16.6. The quantitative estimate of drug-likeness (QED) is 0.318. The van der Waals surface area contributed by atoms with E-state index in [9.17, 15) is 4.79 Å². The maximum absolute atomic E-state index is 12.5. The van der Waals surface area contributed by atoms with E-state index in [2.05, 4.69) is 10.5 Å². The predicted molar refractivity (Wildman–Crippen MR) is 126 cm³/mol. The van der Waals surface area contributed by atoms with E-state index in [1.165, 1.54) is 13.3 Å². The van der Waals surface area contributed by atoms with E-state index < -0.39 is 0 Å². The molecule has 0 aromatic heterocycles. The first kappa shape index (κ1) is 23.4. The van der Waals surface area contributed by atoms with Crippen LogP contribution in [-0.2, 0) is 6.61 Å². The number of nitrogens with zero attached hydrogens (tertiary/aromatic N) is 1. The Morgan fingerprint density at radius 3 is 2.56 bits per heavy atom. The number of hydrogen-bond donors (Lipinski definition) is 1. The van der Waals surface area contributed by atoms with Gasteiger partial charge in [-0.25, -0.2) is 5.43 Å². The minimum Gasteiger partial charge on any atom is -0.493 e. The fourth-order valence-corrected chi connectivity index (χ4v) is 3.28. The highest BCUT2D eigenvalue weighted by molar-refractivity contribution is 6.35. The summed E-state index contributed by atoms with van der Waals surface area (Å²) in [5.41, 5.74) is 4.40. The molecule has 0 heterocycles. The molecule has 3 rings (SSSR count). The number of carbonyl (C=O) groups excluding carboxylic acids is 1. The highest BCUT2D eigenvalue weighted by atomic mass is 35.5. The van der Waals surface area contributed by atoms with Crippen LogP contribution in [0.2, 0.25) is 10.0 Å². The second kappa shape index (κ2) is 11.4. The molecule has 0 bridgehead atoms. The Morgan fingerprint density at radius 1 is 1.00 bits per heavy atom. The van der Waals surface area contributed by atoms with Crippen LogP contribution in [0.25, 0.3) is 0 Å². The van der Waals surface area contributed by atoms with Gasteiger partial charge in [-0.2, -0.15) is 5.10 Å². The molecule has 0 aliphatic carbocycles. The van der Waals surface area contributed by atoms with E-state index >= 15 is 0 Å². The molecular weight excluding hydrogens is 451 g/mol. The number of hydrogen-bond acceptors (Lipinski definition) is 5. The molecule has 0 fully saturated rings. The van der Waals surface area contributed by atoms with Crippen LogP contribution in [0, 0.1) is 0 Å². The van der Waals surface area contributed by atoms with Gasteiger partial charge in [0.2, 0.25) is 0 Å². The minimum absolute atomic E-state index is 0.263. The molecule has 0 saturated heterocycles. The molecule has 0 radical (unpaired) electrons. The van der Waals surface area contributed by atoms with Gasteiger partial charge < -0.3 is 14.2 Å². The van der Waals surface area contributed by atoms with E-state index in [1.807, 2.05) is 37.3 Å². The van der Waals surface area contributed by atoms with Crippen molar-refractivity contribution in [3.05, 3.63) is 87.4 Å². The first-order valence-electron chi connectivity index (χ1n) is 9.81.